The van der Waals surface area contributed by atoms with Gasteiger partial charge in [0, 0.05) is 18.6 Å². The number of anilines is 2. The summed E-state index contributed by atoms with van der Waals surface area (Å²) < 4.78 is 0.837. The molecule has 5 nitrogen and oxygen atoms in total. The van der Waals surface area contributed by atoms with E-state index < -0.39 is 0 Å². The van der Waals surface area contributed by atoms with Crippen LogP contribution in [0.25, 0.3) is 0 Å². The zero-order valence-corrected chi connectivity index (χ0v) is 11.9. The molecule has 0 saturated heterocycles. The lowest BCUT2D eigenvalue weighted by Gasteiger charge is -2.07. The van der Waals surface area contributed by atoms with Crippen LogP contribution in [-0.4, -0.2) is 22.0 Å². The number of aryl methyl sites for hydroxylation is 1. The number of aromatic nitrogens is 3. The van der Waals surface area contributed by atoms with E-state index in [0.717, 1.165) is 21.0 Å². The van der Waals surface area contributed by atoms with Crippen molar-refractivity contribution in [3.8, 4) is 0 Å². The second-order valence-electron chi connectivity index (χ2n) is 3.35. The van der Waals surface area contributed by atoms with Gasteiger partial charge in [0.1, 0.15) is 5.82 Å². The number of nitrogens with zero attached hydrogens (tertiary/aromatic N) is 3. The highest BCUT2D eigenvalue weighted by Crippen LogP contribution is 2.20. The average molecular weight is 314 g/mol. The molecule has 2 rings (SSSR count). The zero-order chi connectivity index (χ0) is 12.3. The first-order valence-corrected chi connectivity index (χ1v) is 6.71. The third-order valence-corrected chi connectivity index (χ3v) is 3.47. The minimum atomic E-state index is 0.588. The largest absolute Gasteiger partial charge is 0.363 e. The first-order valence-electron chi connectivity index (χ1n) is 5.04. The highest BCUT2D eigenvalue weighted by Gasteiger charge is 2.05. The normalized spacial score (nSPS) is 10.3. The maximum Gasteiger partial charge on any atom is 0.224 e. The van der Waals surface area contributed by atoms with Crippen LogP contribution in [0.2, 0.25) is 0 Å². The molecule has 0 aliphatic rings. The van der Waals surface area contributed by atoms with Crippen molar-refractivity contribution >= 4 is 39.0 Å². The van der Waals surface area contributed by atoms with Crippen LogP contribution in [0.15, 0.2) is 16.0 Å². The predicted molar refractivity (Wildman–Crippen MR) is 73.5 cm³/mol. The summed E-state index contributed by atoms with van der Waals surface area (Å²) in [6.45, 7) is 2.65. The monoisotopic (exact) mass is 313 g/mol. The summed E-state index contributed by atoms with van der Waals surface area (Å²) in [6, 6.07) is 0. The predicted octanol–water partition coefficient (Wildman–Crippen LogP) is 2.66. The minimum Gasteiger partial charge on any atom is -0.363 e. The molecule has 0 bridgehead atoms. The summed E-state index contributed by atoms with van der Waals surface area (Å²) in [6.07, 6.45) is 1.72. The van der Waals surface area contributed by atoms with Crippen molar-refractivity contribution in [1.29, 1.82) is 0 Å². The Morgan fingerprint density at radius 3 is 2.88 bits per heavy atom. The van der Waals surface area contributed by atoms with Crippen LogP contribution >= 0.6 is 27.3 Å². The van der Waals surface area contributed by atoms with E-state index in [4.69, 9.17) is 0 Å². The lowest BCUT2D eigenvalue weighted by molar-refractivity contribution is 1.02. The highest BCUT2D eigenvalue weighted by molar-refractivity contribution is 9.10. The van der Waals surface area contributed by atoms with E-state index in [9.17, 15) is 0 Å². The molecule has 0 atom stereocenters. The number of halogens is 1. The van der Waals surface area contributed by atoms with Crippen molar-refractivity contribution < 1.29 is 0 Å². The van der Waals surface area contributed by atoms with Crippen molar-refractivity contribution in [3.63, 3.8) is 0 Å². The molecule has 0 amide bonds. The zero-order valence-electron chi connectivity index (χ0n) is 9.49. The SMILES string of the molecule is CNc1ncc(Br)c(NCc2csc(C)n2)n1. The molecule has 0 aliphatic heterocycles. The first kappa shape index (κ1) is 12.3. The van der Waals surface area contributed by atoms with Gasteiger partial charge in [-0.2, -0.15) is 4.98 Å². The highest BCUT2D eigenvalue weighted by atomic mass is 79.9. The Hall–Kier alpha value is -1.21. The third-order valence-electron chi connectivity index (χ3n) is 2.07. The Bertz CT molecular complexity index is 513. The molecule has 2 aromatic rings. The van der Waals surface area contributed by atoms with Crippen LogP contribution in [0.3, 0.4) is 0 Å². The van der Waals surface area contributed by atoms with Crippen molar-refractivity contribution in [1.82, 2.24) is 15.0 Å². The van der Waals surface area contributed by atoms with E-state index in [2.05, 4.69) is 41.5 Å². The molecule has 0 aliphatic carbocycles. The topological polar surface area (TPSA) is 62.7 Å². The van der Waals surface area contributed by atoms with Gasteiger partial charge in [0.25, 0.3) is 0 Å². The van der Waals surface area contributed by atoms with Crippen LogP contribution in [0.1, 0.15) is 10.7 Å². The van der Waals surface area contributed by atoms with Gasteiger partial charge >= 0.3 is 0 Å². The van der Waals surface area contributed by atoms with Gasteiger partial charge in [0.2, 0.25) is 5.95 Å². The fraction of sp³-hybridized carbons (Fsp3) is 0.300. The molecule has 0 fully saturated rings. The molecule has 0 radical (unpaired) electrons. The Morgan fingerprint density at radius 1 is 1.41 bits per heavy atom. The van der Waals surface area contributed by atoms with Crippen molar-refractivity contribution in [3.05, 3.63) is 26.8 Å². The number of hydrogen-bond acceptors (Lipinski definition) is 6. The first-order chi connectivity index (χ1) is 8.19. The molecular weight excluding hydrogens is 302 g/mol. The number of thiazole rings is 1. The molecule has 17 heavy (non-hydrogen) atoms. The van der Waals surface area contributed by atoms with Crippen LogP contribution in [0.5, 0.6) is 0 Å². The summed E-state index contributed by atoms with van der Waals surface area (Å²) in [7, 11) is 1.79. The van der Waals surface area contributed by atoms with Crippen LogP contribution in [0, 0.1) is 6.92 Å². The molecule has 0 aromatic carbocycles. The Kier molecular flexibility index (Phi) is 3.90. The molecule has 7 heteroatoms. The van der Waals surface area contributed by atoms with Gasteiger partial charge in [0.15, 0.2) is 0 Å². The van der Waals surface area contributed by atoms with E-state index >= 15 is 0 Å². The lowest BCUT2D eigenvalue weighted by Crippen LogP contribution is -2.05. The van der Waals surface area contributed by atoms with Crippen LogP contribution < -0.4 is 10.6 Å². The molecule has 2 N–H and O–H groups in total. The van der Waals surface area contributed by atoms with Crippen molar-refractivity contribution in [2.45, 2.75) is 13.5 Å². The molecule has 0 unspecified atom stereocenters. The van der Waals surface area contributed by atoms with Crippen molar-refractivity contribution in [2.24, 2.45) is 0 Å². The molecule has 90 valence electrons. The van der Waals surface area contributed by atoms with Gasteiger partial charge in [-0.1, -0.05) is 0 Å². The number of rotatable bonds is 4. The lowest BCUT2D eigenvalue weighted by atomic mass is 10.4. The Balaban J connectivity index is 2.07. The minimum absolute atomic E-state index is 0.588. The smallest absolute Gasteiger partial charge is 0.224 e. The Morgan fingerprint density at radius 2 is 2.24 bits per heavy atom. The fourth-order valence-electron chi connectivity index (χ4n) is 1.28. The summed E-state index contributed by atoms with van der Waals surface area (Å²) in [5.74, 6) is 1.35. The molecule has 2 aromatic heterocycles. The summed E-state index contributed by atoms with van der Waals surface area (Å²) in [4.78, 5) is 12.8. The van der Waals surface area contributed by atoms with Crippen molar-refractivity contribution in [2.75, 3.05) is 17.7 Å². The van der Waals surface area contributed by atoms with Gasteiger partial charge in [-0.05, 0) is 22.9 Å². The van der Waals surface area contributed by atoms with E-state index in [0.29, 0.717) is 12.5 Å². The van der Waals surface area contributed by atoms with E-state index in [-0.39, 0.29) is 0 Å². The summed E-state index contributed by atoms with van der Waals surface area (Å²) in [5, 5.41) is 9.23. The second-order valence-corrected chi connectivity index (χ2v) is 5.27. The summed E-state index contributed by atoms with van der Waals surface area (Å²) >= 11 is 5.05. The molecule has 2 heterocycles. The second kappa shape index (κ2) is 5.42. The summed E-state index contributed by atoms with van der Waals surface area (Å²) in [5.41, 5.74) is 1.02. The van der Waals surface area contributed by atoms with Gasteiger partial charge in [-0.3, -0.25) is 0 Å². The fourth-order valence-corrected chi connectivity index (χ4v) is 2.22. The Labute approximate surface area is 112 Å². The van der Waals surface area contributed by atoms with E-state index in [1.165, 1.54) is 0 Å². The molecular formula is C10H12BrN5S. The standard InChI is InChI=1S/C10H12BrN5S/c1-6-15-7(5-17-6)3-13-9-8(11)4-14-10(12-2)16-9/h4-5H,3H2,1-2H3,(H2,12,13,14,16). The molecule has 0 spiro atoms. The van der Waals surface area contributed by atoms with E-state index in [1.54, 1.807) is 24.6 Å². The number of nitrogens with one attached hydrogen (secondary N) is 2. The van der Waals surface area contributed by atoms with Crippen LogP contribution in [-0.2, 0) is 6.54 Å². The van der Waals surface area contributed by atoms with Crippen LogP contribution in [0.4, 0.5) is 11.8 Å². The average Bonchev–Trinajstić information content (AvgIpc) is 2.74. The third kappa shape index (κ3) is 3.13. The maximum atomic E-state index is 4.38. The quantitative estimate of drug-likeness (QED) is 0.908. The van der Waals surface area contributed by atoms with Gasteiger partial charge in [-0.25, -0.2) is 9.97 Å². The molecule has 0 saturated carbocycles. The van der Waals surface area contributed by atoms with Gasteiger partial charge in [0.05, 0.1) is 21.7 Å². The van der Waals surface area contributed by atoms with Gasteiger partial charge in [-0.15, -0.1) is 11.3 Å². The maximum absolute atomic E-state index is 4.38. The number of hydrogen-bond donors (Lipinski definition) is 2. The van der Waals surface area contributed by atoms with Gasteiger partial charge < -0.3 is 10.6 Å². The van der Waals surface area contributed by atoms with E-state index in [1.807, 2.05) is 12.3 Å².